The number of ether oxygens (including phenoxy) is 1. The SMILES string of the molecule is CCOc1ccc2c(c1)CN(C(C)C)C2. The minimum absolute atomic E-state index is 0.618. The third kappa shape index (κ3) is 2.15. The van der Waals surface area contributed by atoms with Crippen molar-refractivity contribution in [2.24, 2.45) is 0 Å². The highest BCUT2D eigenvalue weighted by molar-refractivity contribution is 5.38. The van der Waals surface area contributed by atoms with Gasteiger partial charge in [0, 0.05) is 19.1 Å². The van der Waals surface area contributed by atoms with E-state index in [0.717, 1.165) is 25.4 Å². The van der Waals surface area contributed by atoms with Gasteiger partial charge in [-0.15, -0.1) is 0 Å². The fourth-order valence-corrected chi connectivity index (χ4v) is 2.02. The quantitative estimate of drug-likeness (QED) is 0.752. The summed E-state index contributed by atoms with van der Waals surface area (Å²) in [7, 11) is 0. The molecule has 0 N–H and O–H groups in total. The maximum atomic E-state index is 5.51. The highest BCUT2D eigenvalue weighted by Crippen LogP contribution is 2.27. The molecule has 0 saturated carbocycles. The minimum Gasteiger partial charge on any atom is -0.494 e. The van der Waals surface area contributed by atoms with Crippen molar-refractivity contribution < 1.29 is 4.74 Å². The molecule has 0 saturated heterocycles. The fraction of sp³-hybridized carbons (Fsp3) is 0.538. The summed E-state index contributed by atoms with van der Waals surface area (Å²) < 4.78 is 5.51. The molecule has 2 heteroatoms. The van der Waals surface area contributed by atoms with E-state index in [4.69, 9.17) is 4.74 Å². The van der Waals surface area contributed by atoms with Gasteiger partial charge in [0.05, 0.1) is 6.61 Å². The molecule has 0 unspecified atom stereocenters. The lowest BCUT2D eigenvalue weighted by molar-refractivity contribution is 0.227. The molecule has 1 aromatic carbocycles. The van der Waals surface area contributed by atoms with Crippen LogP contribution in [0.15, 0.2) is 18.2 Å². The normalized spacial score (nSPS) is 15.7. The van der Waals surface area contributed by atoms with Crippen LogP contribution in [0.2, 0.25) is 0 Å². The van der Waals surface area contributed by atoms with Crippen molar-refractivity contribution >= 4 is 0 Å². The Morgan fingerprint density at radius 1 is 1.27 bits per heavy atom. The van der Waals surface area contributed by atoms with E-state index < -0.39 is 0 Å². The van der Waals surface area contributed by atoms with Crippen molar-refractivity contribution in [2.45, 2.75) is 39.9 Å². The predicted molar refractivity (Wildman–Crippen MR) is 62.0 cm³/mol. The monoisotopic (exact) mass is 205 g/mol. The third-order valence-electron chi connectivity index (χ3n) is 2.97. The minimum atomic E-state index is 0.618. The van der Waals surface area contributed by atoms with Crippen molar-refractivity contribution in [1.29, 1.82) is 0 Å². The van der Waals surface area contributed by atoms with E-state index in [1.807, 2.05) is 6.92 Å². The molecule has 2 nitrogen and oxygen atoms in total. The van der Waals surface area contributed by atoms with E-state index in [1.54, 1.807) is 0 Å². The zero-order valence-corrected chi connectivity index (χ0v) is 9.79. The molecule has 0 aromatic heterocycles. The van der Waals surface area contributed by atoms with Gasteiger partial charge in [-0.2, -0.15) is 0 Å². The van der Waals surface area contributed by atoms with Crippen molar-refractivity contribution in [3.05, 3.63) is 29.3 Å². The molecule has 15 heavy (non-hydrogen) atoms. The second-order valence-electron chi connectivity index (χ2n) is 4.36. The first-order valence-corrected chi connectivity index (χ1v) is 5.69. The number of hydrogen-bond donors (Lipinski definition) is 0. The van der Waals surface area contributed by atoms with E-state index in [9.17, 15) is 0 Å². The molecule has 0 spiro atoms. The summed E-state index contributed by atoms with van der Waals surface area (Å²) in [6.07, 6.45) is 0. The van der Waals surface area contributed by atoms with E-state index >= 15 is 0 Å². The van der Waals surface area contributed by atoms with Crippen molar-refractivity contribution in [3.63, 3.8) is 0 Å². The van der Waals surface area contributed by atoms with E-state index in [-0.39, 0.29) is 0 Å². The first kappa shape index (κ1) is 10.5. The third-order valence-corrected chi connectivity index (χ3v) is 2.97. The topological polar surface area (TPSA) is 12.5 Å². The lowest BCUT2D eigenvalue weighted by Gasteiger charge is -2.18. The molecule has 0 amide bonds. The molecule has 2 rings (SSSR count). The van der Waals surface area contributed by atoms with Crippen LogP contribution in [0.5, 0.6) is 5.75 Å². The van der Waals surface area contributed by atoms with Crippen molar-refractivity contribution in [1.82, 2.24) is 4.90 Å². The molecule has 0 fully saturated rings. The Balaban J connectivity index is 2.16. The highest BCUT2D eigenvalue weighted by Gasteiger charge is 2.20. The summed E-state index contributed by atoms with van der Waals surface area (Å²) >= 11 is 0. The van der Waals surface area contributed by atoms with Crippen LogP contribution >= 0.6 is 0 Å². The molecule has 1 aliphatic rings. The van der Waals surface area contributed by atoms with Gasteiger partial charge < -0.3 is 4.74 Å². The summed E-state index contributed by atoms with van der Waals surface area (Å²) in [4.78, 5) is 2.47. The van der Waals surface area contributed by atoms with E-state index in [2.05, 4.69) is 36.9 Å². The summed E-state index contributed by atoms with van der Waals surface area (Å²) in [6, 6.07) is 7.07. The first-order valence-electron chi connectivity index (χ1n) is 5.69. The lowest BCUT2D eigenvalue weighted by atomic mass is 10.1. The van der Waals surface area contributed by atoms with Gasteiger partial charge in [0.25, 0.3) is 0 Å². The summed E-state index contributed by atoms with van der Waals surface area (Å²) in [5.74, 6) is 1.00. The Labute approximate surface area is 91.9 Å². The Morgan fingerprint density at radius 2 is 2.00 bits per heavy atom. The summed E-state index contributed by atoms with van der Waals surface area (Å²) in [6.45, 7) is 9.40. The molecule has 0 aliphatic carbocycles. The van der Waals surface area contributed by atoms with Crippen LogP contribution in [0.3, 0.4) is 0 Å². The number of benzene rings is 1. The number of nitrogens with zero attached hydrogens (tertiary/aromatic N) is 1. The van der Waals surface area contributed by atoms with Crippen LogP contribution in [-0.2, 0) is 13.1 Å². The molecule has 0 atom stereocenters. The lowest BCUT2D eigenvalue weighted by Crippen LogP contribution is -2.24. The van der Waals surface area contributed by atoms with Crippen molar-refractivity contribution in [2.75, 3.05) is 6.61 Å². The van der Waals surface area contributed by atoms with Gasteiger partial charge >= 0.3 is 0 Å². The van der Waals surface area contributed by atoms with Gasteiger partial charge in [-0.25, -0.2) is 0 Å². The van der Waals surface area contributed by atoms with Crippen LogP contribution < -0.4 is 4.74 Å². The zero-order chi connectivity index (χ0) is 10.8. The van der Waals surface area contributed by atoms with Crippen LogP contribution in [0.4, 0.5) is 0 Å². The second kappa shape index (κ2) is 4.23. The van der Waals surface area contributed by atoms with Gasteiger partial charge in [-0.1, -0.05) is 6.07 Å². The largest absolute Gasteiger partial charge is 0.494 e. The standard InChI is InChI=1S/C13H19NO/c1-4-15-13-6-5-11-8-14(10(2)3)9-12(11)7-13/h5-7,10H,4,8-9H2,1-3H3. The Kier molecular flexibility index (Phi) is 2.96. The second-order valence-corrected chi connectivity index (χ2v) is 4.36. The van der Waals surface area contributed by atoms with Crippen LogP contribution in [0.25, 0.3) is 0 Å². The zero-order valence-electron chi connectivity index (χ0n) is 9.79. The van der Waals surface area contributed by atoms with E-state index in [1.165, 1.54) is 11.1 Å². The van der Waals surface area contributed by atoms with Crippen molar-refractivity contribution in [3.8, 4) is 5.75 Å². The Hall–Kier alpha value is -1.02. The molecule has 0 radical (unpaired) electrons. The Morgan fingerprint density at radius 3 is 2.67 bits per heavy atom. The molecule has 1 heterocycles. The van der Waals surface area contributed by atoms with Gasteiger partial charge in [-0.3, -0.25) is 4.90 Å². The summed E-state index contributed by atoms with van der Waals surface area (Å²) in [5.41, 5.74) is 2.88. The average molecular weight is 205 g/mol. The van der Waals surface area contributed by atoms with E-state index in [0.29, 0.717) is 6.04 Å². The molecule has 1 aliphatic heterocycles. The van der Waals surface area contributed by atoms with Gasteiger partial charge in [0.15, 0.2) is 0 Å². The highest BCUT2D eigenvalue weighted by atomic mass is 16.5. The van der Waals surface area contributed by atoms with Crippen LogP contribution in [0.1, 0.15) is 31.9 Å². The number of hydrogen-bond acceptors (Lipinski definition) is 2. The van der Waals surface area contributed by atoms with Crippen LogP contribution in [-0.4, -0.2) is 17.5 Å². The van der Waals surface area contributed by atoms with Crippen LogP contribution in [0, 0.1) is 0 Å². The number of fused-ring (bicyclic) bond motifs is 1. The molecular weight excluding hydrogens is 186 g/mol. The molecule has 82 valence electrons. The van der Waals surface area contributed by atoms with Gasteiger partial charge in [0.1, 0.15) is 5.75 Å². The molecule has 1 aromatic rings. The smallest absolute Gasteiger partial charge is 0.119 e. The molecule has 0 bridgehead atoms. The predicted octanol–water partition coefficient (Wildman–Crippen LogP) is 2.81. The average Bonchev–Trinajstić information content (AvgIpc) is 2.61. The first-order chi connectivity index (χ1) is 7.20. The molecular formula is C13H19NO. The van der Waals surface area contributed by atoms with Gasteiger partial charge in [0.2, 0.25) is 0 Å². The van der Waals surface area contributed by atoms with Gasteiger partial charge in [-0.05, 0) is 44.0 Å². The number of rotatable bonds is 3. The maximum absolute atomic E-state index is 5.51. The summed E-state index contributed by atoms with van der Waals surface area (Å²) in [5, 5.41) is 0. The maximum Gasteiger partial charge on any atom is 0.119 e. The Bertz CT molecular complexity index is 346. The fourth-order valence-electron chi connectivity index (χ4n) is 2.02.